The Hall–Kier alpha value is -1.35. The summed E-state index contributed by atoms with van der Waals surface area (Å²) in [5.41, 5.74) is 1.05. The maximum atomic E-state index is 5.60. The molecule has 0 saturated heterocycles. The van der Waals surface area contributed by atoms with Crippen LogP contribution in [0, 0.1) is 0 Å². The lowest BCUT2D eigenvalue weighted by atomic mass is 10.2. The molecule has 0 saturated carbocycles. The van der Waals surface area contributed by atoms with Crippen molar-refractivity contribution in [1.29, 1.82) is 0 Å². The summed E-state index contributed by atoms with van der Waals surface area (Å²) in [6.07, 6.45) is 6.18. The van der Waals surface area contributed by atoms with E-state index in [1.165, 1.54) is 0 Å². The Bertz CT molecular complexity index is 363. The number of hydrogen-bond acceptors (Lipinski definition) is 3. The first kappa shape index (κ1) is 11.1. The zero-order chi connectivity index (χ0) is 11.2. The number of aryl methyl sites for hydroxylation is 1. The molecule has 0 fully saturated rings. The van der Waals surface area contributed by atoms with Gasteiger partial charge in [0.2, 0.25) is 5.88 Å². The molecule has 3 heteroatoms. The van der Waals surface area contributed by atoms with Crippen LogP contribution >= 0.6 is 0 Å². The van der Waals surface area contributed by atoms with E-state index in [4.69, 9.17) is 9.47 Å². The number of pyridine rings is 1. The van der Waals surface area contributed by atoms with Crippen molar-refractivity contribution in [3.63, 3.8) is 0 Å². The highest BCUT2D eigenvalue weighted by Crippen LogP contribution is 2.10. The summed E-state index contributed by atoms with van der Waals surface area (Å²) in [7, 11) is 0. The highest BCUT2D eigenvalue weighted by Gasteiger charge is 2.09. The van der Waals surface area contributed by atoms with Crippen molar-refractivity contribution in [2.24, 2.45) is 0 Å². The zero-order valence-electron chi connectivity index (χ0n) is 9.56. The van der Waals surface area contributed by atoms with Gasteiger partial charge < -0.3 is 9.47 Å². The van der Waals surface area contributed by atoms with Gasteiger partial charge in [-0.2, -0.15) is 0 Å². The van der Waals surface area contributed by atoms with Crippen LogP contribution in [0.3, 0.4) is 0 Å². The van der Waals surface area contributed by atoms with Gasteiger partial charge >= 0.3 is 0 Å². The highest BCUT2D eigenvalue weighted by atomic mass is 16.5. The topological polar surface area (TPSA) is 31.4 Å². The van der Waals surface area contributed by atoms with E-state index in [0.717, 1.165) is 25.1 Å². The van der Waals surface area contributed by atoms with Gasteiger partial charge in [-0.15, -0.1) is 0 Å². The average molecular weight is 219 g/mol. The molecule has 0 aromatic carbocycles. The Morgan fingerprint density at radius 2 is 2.44 bits per heavy atom. The van der Waals surface area contributed by atoms with Crippen LogP contribution in [-0.2, 0) is 11.2 Å². The third-order valence-corrected chi connectivity index (χ3v) is 2.51. The molecule has 1 aliphatic heterocycles. The molecule has 16 heavy (non-hydrogen) atoms. The summed E-state index contributed by atoms with van der Waals surface area (Å²) < 4.78 is 11.1. The average Bonchev–Trinajstić information content (AvgIpc) is 2.38. The van der Waals surface area contributed by atoms with Crippen molar-refractivity contribution in [3.8, 4) is 5.88 Å². The molecule has 86 valence electrons. The van der Waals surface area contributed by atoms with Gasteiger partial charge in [0, 0.05) is 11.8 Å². The van der Waals surface area contributed by atoms with E-state index < -0.39 is 0 Å². The summed E-state index contributed by atoms with van der Waals surface area (Å²) in [4.78, 5) is 4.37. The number of ether oxygens (including phenoxy) is 2. The van der Waals surface area contributed by atoms with Gasteiger partial charge in [-0.3, -0.25) is 0 Å². The van der Waals surface area contributed by atoms with E-state index in [0.29, 0.717) is 12.5 Å². The monoisotopic (exact) mass is 219 g/mol. The molecule has 1 atom stereocenters. The minimum Gasteiger partial charge on any atom is -0.475 e. The molecule has 1 unspecified atom stereocenters. The van der Waals surface area contributed by atoms with Crippen LogP contribution in [-0.4, -0.2) is 24.3 Å². The van der Waals surface area contributed by atoms with Crippen LogP contribution in [0.5, 0.6) is 5.88 Å². The lowest BCUT2D eigenvalue weighted by molar-refractivity contribution is 0.0444. The Morgan fingerprint density at radius 1 is 1.50 bits per heavy atom. The van der Waals surface area contributed by atoms with E-state index >= 15 is 0 Å². The van der Waals surface area contributed by atoms with Crippen molar-refractivity contribution in [2.75, 3.05) is 13.2 Å². The second-order valence-corrected chi connectivity index (χ2v) is 3.76. The predicted molar refractivity (Wildman–Crippen MR) is 62.6 cm³/mol. The molecular formula is C13H17NO2. The summed E-state index contributed by atoms with van der Waals surface area (Å²) in [6.45, 7) is 3.41. The molecule has 1 aliphatic rings. The SMILES string of the molecule is CCc1cccc(OCC2C=CCCO2)n1. The van der Waals surface area contributed by atoms with Gasteiger partial charge in [0.15, 0.2) is 0 Å². The molecule has 0 N–H and O–H groups in total. The molecule has 1 aromatic rings. The van der Waals surface area contributed by atoms with Crippen molar-refractivity contribution in [1.82, 2.24) is 4.98 Å². The summed E-state index contributed by atoms with van der Waals surface area (Å²) in [5.74, 6) is 0.682. The van der Waals surface area contributed by atoms with Crippen LogP contribution in [0.2, 0.25) is 0 Å². The predicted octanol–water partition coefficient (Wildman–Crippen LogP) is 2.37. The van der Waals surface area contributed by atoms with Gasteiger partial charge in [-0.1, -0.05) is 25.1 Å². The van der Waals surface area contributed by atoms with Gasteiger partial charge in [0.25, 0.3) is 0 Å². The van der Waals surface area contributed by atoms with Crippen molar-refractivity contribution < 1.29 is 9.47 Å². The Labute approximate surface area is 96.1 Å². The van der Waals surface area contributed by atoms with Crippen LogP contribution < -0.4 is 4.74 Å². The molecule has 3 nitrogen and oxygen atoms in total. The normalized spacial score (nSPS) is 19.7. The number of rotatable bonds is 4. The fourth-order valence-electron chi connectivity index (χ4n) is 1.60. The van der Waals surface area contributed by atoms with E-state index in [-0.39, 0.29) is 6.10 Å². The Kier molecular flexibility index (Phi) is 3.94. The quantitative estimate of drug-likeness (QED) is 0.728. The van der Waals surface area contributed by atoms with Gasteiger partial charge in [0.1, 0.15) is 12.7 Å². The Balaban J connectivity index is 1.88. The van der Waals surface area contributed by atoms with E-state index in [1.54, 1.807) is 0 Å². The van der Waals surface area contributed by atoms with Gasteiger partial charge in [-0.05, 0) is 18.9 Å². The standard InChI is InChI=1S/C13H17NO2/c1-2-11-6-5-8-13(14-11)16-10-12-7-3-4-9-15-12/h3,5-8,12H,2,4,9-10H2,1H3. The lowest BCUT2D eigenvalue weighted by Gasteiger charge is -2.17. The van der Waals surface area contributed by atoms with Crippen molar-refractivity contribution >= 4 is 0 Å². The minimum atomic E-state index is 0.0702. The third-order valence-electron chi connectivity index (χ3n) is 2.51. The maximum Gasteiger partial charge on any atom is 0.213 e. The molecule has 2 heterocycles. The largest absolute Gasteiger partial charge is 0.475 e. The summed E-state index contributed by atoms with van der Waals surface area (Å²) >= 11 is 0. The van der Waals surface area contributed by atoms with Gasteiger partial charge in [-0.25, -0.2) is 4.98 Å². The summed E-state index contributed by atoms with van der Waals surface area (Å²) in [5, 5.41) is 0. The third kappa shape index (κ3) is 3.07. The maximum absolute atomic E-state index is 5.60. The van der Waals surface area contributed by atoms with E-state index in [1.807, 2.05) is 24.3 Å². The molecule has 0 aliphatic carbocycles. The van der Waals surface area contributed by atoms with Crippen molar-refractivity contribution in [2.45, 2.75) is 25.9 Å². The second kappa shape index (κ2) is 5.66. The molecule has 0 amide bonds. The first-order valence-corrected chi connectivity index (χ1v) is 5.75. The van der Waals surface area contributed by atoms with Crippen LogP contribution in [0.1, 0.15) is 19.0 Å². The smallest absolute Gasteiger partial charge is 0.213 e. The van der Waals surface area contributed by atoms with Crippen LogP contribution in [0.4, 0.5) is 0 Å². The number of hydrogen-bond donors (Lipinski definition) is 0. The number of aromatic nitrogens is 1. The zero-order valence-corrected chi connectivity index (χ0v) is 9.56. The van der Waals surface area contributed by atoms with Crippen molar-refractivity contribution in [3.05, 3.63) is 36.0 Å². The molecule has 1 aromatic heterocycles. The lowest BCUT2D eigenvalue weighted by Crippen LogP contribution is -2.22. The highest BCUT2D eigenvalue weighted by molar-refractivity contribution is 5.15. The fraction of sp³-hybridized carbons (Fsp3) is 0.462. The molecular weight excluding hydrogens is 202 g/mol. The van der Waals surface area contributed by atoms with Gasteiger partial charge in [0.05, 0.1) is 6.61 Å². The Morgan fingerprint density at radius 3 is 3.19 bits per heavy atom. The second-order valence-electron chi connectivity index (χ2n) is 3.76. The molecule has 2 rings (SSSR count). The summed E-state index contributed by atoms with van der Waals surface area (Å²) in [6, 6.07) is 5.86. The molecule has 0 spiro atoms. The first-order valence-electron chi connectivity index (χ1n) is 5.75. The minimum absolute atomic E-state index is 0.0702. The first-order chi connectivity index (χ1) is 7.88. The molecule has 0 bridgehead atoms. The van der Waals surface area contributed by atoms with E-state index in [9.17, 15) is 0 Å². The fourth-order valence-corrected chi connectivity index (χ4v) is 1.60. The van der Waals surface area contributed by atoms with Crippen LogP contribution in [0.25, 0.3) is 0 Å². The van der Waals surface area contributed by atoms with E-state index in [2.05, 4.69) is 18.0 Å². The molecule has 0 radical (unpaired) electrons. The number of nitrogens with zero attached hydrogens (tertiary/aromatic N) is 1. The van der Waals surface area contributed by atoms with Crippen LogP contribution in [0.15, 0.2) is 30.4 Å².